The highest BCUT2D eigenvalue weighted by Gasteiger charge is 2.41. The molecular weight excluding hydrogens is 542 g/mol. The van der Waals surface area contributed by atoms with Crippen molar-refractivity contribution in [2.45, 2.75) is 25.3 Å². The summed E-state index contributed by atoms with van der Waals surface area (Å²) in [5.41, 5.74) is -1.00. The zero-order valence-corrected chi connectivity index (χ0v) is 21.3. The smallest absolute Gasteiger partial charge is 0.416 e. The number of ether oxygens (including phenoxy) is 2. The van der Waals surface area contributed by atoms with Gasteiger partial charge in [-0.2, -0.15) is 31.3 Å². The van der Waals surface area contributed by atoms with E-state index in [0.717, 1.165) is 17.4 Å². The molecule has 210 valence electrons. The van der Waals surface area contributed by atoms with E-state index in [2.05, 4.69) is 20.3 Å². The molecule has 4 aromatic rings. The topological polar surface area (TPSA) is 77.3 Å². The van der Waals surface area contributed by atoms with Gasteiger partial charge in [-0.3, -0.25) is 0 Å². The third kappa shape index (κ3) is 5.20. The van der Waals surface area contributed by atoms with Gasteiger partial charge in [0.2, 0.25) is 5.95 Å². The van der Waals surface area contributed by atoms with Gasteiger partial charge in [0.25, 0.3) is 0 Å². The average Bonchev–Trinajstić information content (AvgIpc) is 3.33. The molecule has 3 heterocycles. The van der Waals surface area contributed by atoms with Crippen molar-refractivity contribution in [3.05, 3.63) is 77.5 Å². The predicted octanol–water partition coefficient (Wildman–Crippen LogP) is 6.33. The Morgan fingerprint density at radius 3 is 2.45 bits per heavy atom. The highest BCUT2D eigenvalue weighted by atomic mass is 19.4. The Labute approximate surface area is 224 Å². The SMILES string of the molecule is COc1cc(Nc2ncc3c(n2)N(C)C(c2ccc(C(F)(F)F)cc2C(F)(F)F)CO3)ccc1-n1cnc(C)c1. The van der Waals surface area contributed by atoms with Crippen LogP contribution in [-0.2, 0) is 12.4 Å². The first kappa shape index (κ1) is 27.1. The summed E-state index contributed by atoms with van der Waals surface area (Å²) in [5.74, 6) is 1.03. The fourth-order valence-electron chi connectivity index (χ4n) is 4.42. The Kier molecular flexibility index (Phi) is 6.72. The lowest BCUT2D eigenvalue weighted by atomic mass is 9.96. The number of rotatable bonds is 5. The van der Waals surface area contributed by atoms with Gasteiger partial charge in [0.05, 0.1) is 48.2 Å². The van der Waals surface area contributed by atoms with Crippen molar-refractivity contribution in [1.82, 2.24) is 19.5 Å². The van der Waals surface area contributed by atoms with E-state index in [9.17, 15) is 26.3 Å². The van der Waals surface area contributed by atoms with Crippen molar-refractivity contribution in [2.24, 2.45) is 0 Å². The zero-order chi connectivity index (χ0) is 28.8. The molecule has 1 atom stereocenters. The molecule has 2 aromatic carbocycles. The molecule has 0 fully saturated rings. The standard InChI is InChI=1S/C26H22F6N6O2/c1-14-11-38(13-34-14)19-7-5-16(9-21(19)39-3)35-24-33-10-22-23(36-24)37(2)20(12-40-22)17-6-4-15(25(27,28)29)8-18(17)26(30,31)32/h4-11,13,20H,12H2,1-3H3,(H,33,35,36). The second-order valence-corrected chi connectivity index (χ2v) is 9.05. The predicted molar refractivity (Wildman–Crippen MR) is 133 cm³/mol. The maximum atomic E-state index is 13.8. The van der Waals surface area contributed by atoms with Gasteiger partial charge in [-0.05, 0) is 36.8 Å². The molecular formula is C26H22F6N6O2. The van der Waals surface area contributed by atoms with E-state index in [1.165, 1.54) is 25.3 Å². The summed E-state index contributed by atoms with van der Waals surface area (Å²) >= 11 is 0. The third-order valence-corrected chi connectivity index (χ3v) is 6.41. The van der Waals surface area contributed by atoms with Crippen LogP contribution in [0.3, 0.4) is 0 Å². The number of likely N-dealkylation sites (N-methyl/N-ethyl adjacent to an activating group) is 1. The number of aryl methyl sites for hydroxylation is 1. The second-order valence-electron chi connectivity index (χ2n) is 9.05. The number of imidazole rings is 1. The Morgan fingerprint density at radius 2 is 1.80 bits per heavy atom. The molecule has 40 heavy (non-hydrogen) atoms. The van der Waals surface area contributed by atoms with E-state index >= 15 is 0 Å². The normalized spacial score (nSPS) is 15.4. The van der Waals surface area contributed by atoms with Crippen LogP contribution in [0.1, 0.15) is 28.4 Å². The molecule has 5 rings (SSSR count). The zero-order valence-electron chi connectivity index (χ0n) is 21.3. The van der Waals surface area contributed by atoms with Crippen LogP contribution < -0.4 is 19.7 Å². The van der Waals surface area contributed by atoms with E-state index < -0.39 is 29.5 Å². The number of methoxy groups -OCH3 is 1. The number of anilines is 3. The lowest BCUT2D eigenvalue weighted by Crippen LogP contribution is -2.35. The first-order valence-electron chi connectivity index (χ1n) is 11.8. The molecule has 0 saturated carbocycles. The van der Waals surface area contributed by atoms with Crippen molar-refractivity contribution in [1.29, 1.82) is 0 Å². The van der Waals surface area contributed by atoms with Crippen molar-refractivity contribution in [3.8, 4) is 17.2 Å². The van der Waals surface area contributed by atoms with E-state index in [0.29, 0.717) is 17.5 Å². The number of halogens is 6. The van der Waals surface area contributed by atoms with Crippen molar-refractivity contribution >= 4 is 17.5 Å². The maximum absolute atomic E-state index is 13.8. The van der Waals surface area contributed by atoms with Crippen LogP contribution in [0.4, 0.5) is 43.8 Å². The molecule has 1 aliphatic rings. The minimum atomic E-state index is -5.02. The fourth-order valence-corrected chi connectivity index (χ4v) is 4.42. The third-order valence-electron chi connectivity index (χ3n) is 6.41. The molecule has 14 heteroatoms. The quantitative estimate of drug-likeness (QED) is 0.284. The number of aromatic nitrogens is 4. The number of benzene rings is 2. The monoisotopic (exact) mass is 564 g/mol. The van der Waals surface area contributed by atoms with Crippen LogP contribution in [-0.4, -0.2) is 40.3 Å². The molecule has 0 spiro atoms. The molecule has 1 aliphatic heterocycles. The van der Waals surface area contributed by atoms with Crippen LogP contribution in [0.25, 0.3) is 5.69 Å². The van der Waals surface area contributed by atoms with Gasteiger partial charge in [-0.1, -0.05) is 6.07 Å². The van der Waals surface area contributed by atoms with Crippen LogP contribution in [0.15, 0.2) is 55.1 Å². The average molecular weight is 564 g/mol. The van der Waals surface area contributed by atoms with Crippen molar-refractivity contribution in [3.63, 3.8) is 0 Å². The van der Waals surface area contributed by atoms with E-state index in [-0.39, 0.29) is 35.8 Å². The van der Waals surface area contributed by atoms with Gasteiger partial charge in [0, 0.05) is 25.0 Å². The number of nitrogens with zero attached hydrogens (tertiary/aromatic N) is 5. The molecule has 1 N–H and O–H groups in total. The maximum Gasteiger partial charge on any atom is 0.416 e. The number of hydrogen-bond acceptors (Lipinski definition) is 7. The summed E-state index contributed by atoms with van der Waals surface area (Å²) in [7, 11) is 3.01. The van der Waals surface area contributed by atoms with Gasteiger partial charge in [0.15, 0.2) is 11.6 Å². The fraction of sp³-hybridized carbons (Fsp3) is 0.269. The minimum absolute atomic E-state index is 0.117. The number of nitrogens with one attached hydrogen (secondary N) is 1. The summed E-state index contributed by atoms with van der Waals surface area (Å²) in [6, 6.07) is 5.79. The summed E-state index contributed by atoms with van der Waals surface area (Å²) in [4.78, 5) is 14.3. The molecule has 2 aromatic heterocycles. The Morgan fingerprint density at radius 1 is 1.02 bits per heavy atom. The Balaban J connectivity index is 1.44. The van der Waals surface area contributed by atoms with Crippen LogP contribution in [0.2, 0.25) is 0 Å². The van der Waals surface area contributed by atoms with E-state index in [1.54, 1.807) is 29.1 Å². The van der Waals surface area contributed by atoms with Crippen LogP contribution in [0, 0.1) is 6.92 Å². The van der Waals surface area contributed by atoms with Crippen molar-refractivity contribution < 1.29 is 35.8 Å². The molecule has 0 bridgehead atoms. The Bertz CT molecular complexity index is 1550. The highest BCUT2D eigenvalue weighted by molar-refractivity contribution is 5.64. The van der Waals surface area contributed by atoms with Crippen LogP contribution in [0.5, 0.6) is 11.5 Å². The van der Waals surface area contributed by atoms with Gasteiger partial charge in [-0.15, -0.1) is 0 Å². The number of hydrogen-bond donors (Lipinski definition) is 1. The summed E-state index contributed by atoms with van der Waals surface area (Å²) < 4.78 is 93.8. The van der Waals surface area contributed by atoms with Gasteiger partial charge >= 0.3 is 12.4 Å². The summed E-state index contributed by atoms with van der Waals surface area (Å²) in [6.07, 6.45) is -5.08. The lowest BCUT2D eigenvalue weighted by Gasteiger charge is -2.36. The highest BCUT2D eigenvalue weighted by Crippen LogP contribution is 2.43. The van der Waals surface area contributed by atoms with Gasteiger partial charge in [0.1, 0.15) is 12.4 Å². The number of alkyl halides is 6. The molecule has 8 nitrogen and oxygen atoms in total. The first-order chi connectivity index (χ1) is 18.8. The summed E-state index contributed by atoms with van der Waals surface area (Å²) in [6.45, 7) is 1.61. The van der Waals surface area contributed by atoms with Gasteiger partial charge < -0.3 is 24.3 Å². The van der Waals surface area contributed by atoms with E-state index in [4.69, 9.17) is 9.47 Å². The molecule has 0 radical (unpaired) electrons. The van der Waals surface area contributed by atoms with E-state index in [1.807, 2.05) is 13.1 Å². The summed E-state index contributed by atoms with van der Waals surface area (Å²) in [5, 5.41) is 3.03. The molecule has 1 unspecified atom stereocenters. The lowest BCUT2D eigenvalue weighted by molar-refractivity contribution is -0.143. The Hall–Kier alpha value is -4.49. The second kappa shape index (κ2) is 9.92. The molecule has 0 saturated heterocycles. The van der Waals surface area contributed by atoms with Gasteiger partial charge in [-0.25, -0.2) is 9.97 Å². The molecule has 0 amide bonds. The minimum Gasteiger partial charge on any atom is -0.494 e. The number of fused-ring (bicyclic) bond motifs is 1. The molecule has 0 aliphatic carbocycles. The first-order valence-corrected chi connectivity index (χ1v) is 11.8. The largest absolute Gasteiger partial charge is 0.494 e. The van der Waals surface area contributed by atoms with Crippen LogP contribution >= 0.6 is 0 Å². The van der Waals surface area contributed by atoms with Crippen molar-refractivity contribution in [2.75, 3.05) is 31.0 Å².